The van der Waals surface area contributed by atoms with E-state index in [1.165, 1.54) is 0 Å². The number of likely N-dealkylation sites (tertiary alicyclic amines) is 1. The van der Waals surface area contributed by atoms with Gasteiger partial charge in [0.05, 0.1) is 37.1 Å². The number of carbonyl (C=O) groups is 2. The van der Waals surface area contributed by atoms with Crippen molar-refractivity contribution in [2.75, 3.05) is 32.1 Å². The van der Waals surface area contributed by atoms with Gasteiger partial charge in [-0.1, -0.05) is 43.2 Å². The lowest BCUT2D eigenvalue weighted by Gasteiger charge is -2.52. The Labute approximate surface area is 201 Å². The Balaban J connectivity index is 1.59. The summed E-state index contributed by atoms with van der Waals surface area (Å²) in [4.78, 5) is 27.6. The molecule has 2 fully saturated rings. The molecular weight excluding hydrogens is 432 g/mol. The van der Waals surface area contributed by atoms with Gasteiger partial charge in [-0.3, -0.25) is 9.69 Å². The average molecular weight is 467 g/mol. The number of fused-ring (bicyclic) bond motifs is 1. The van der Waals surface area contributed by atoms with Crippen LogP contribution in [0.4, 0.5) is 5.69 Å². The zero-order valence-corrected chi connectivity index (χ0v) is 20.0. The molecule has 1 saturated heterocycles. The van der Waals surface area contributed by atoms with Crippen LogP contribution >= 0.6 is 0 Å². The number of piperidine rings is 1. The van der Waals surface area contributed by atoms with Crippen LogP contribution in [0, 0.1) is 5.92 Å². The largest absolute Gasteiger partial charge is 0.496 e. The summed E-state index contributed by atoms with van der Waals surface area (Å²) in [6.45, 7) is 2.76. The van der Waals surface area contributed by atoms with E-state index in [4.69, 9.17) is 9.47 Å². The van der Waals surface area contributed by atoms with Crippen LogP contribution in [-0.4, -0.2) is 54.3 Å². The third-order valence-electron chi connectivity index (χ3n) is 7.17. The quantitative estimate of drug-likeness (QED) is 0.596. The van der Waals surface area contributed by atoms with Crippen molar-refractivity contribution in [2.45, 2.75) is 50.7 Å². The summed E-state index contributed by atoms with van der Waals surface area (Å²) >= 11 is 0. The second-order valence-electron chi connectivity index (χ2n) is 9.18. The normalized spacial score (nSPS) is 24.7. The number of esters is 1. The fourth-order valence-electron chi connectivity index (χ4n) is 5.60. The molecule has 182 valence electrons. The van der Waals surface area contributed by atoms with Crippen LogP contribution in [0.5, 0.6) is 5.75 Å². The molecule has 0 spiro atoms. The number of anilines is 1. The van der Waals surface area contributed by atoms with Gasteiger partial charge in [-0.25, -0.2) is 4.79 Å². The van der Waals surface area contributed by atoms with E-state index in [1.807, 2.05) is 24.3 Å². The molecule has 1 heterocycles. The number of rotatable bonds is 7. The van der Waals surface area contributed by atoms with Crippen molar-refractivity contribution >= 4 is 17.6 Å². The molecule has 1 amide bonds. The minimum atomic E-state index is -0.729. The van der Waals surface area contributed by atoms with Crippen molar-refractivity contribution in [3.8, 4) is 5.75 Å². The Bertz CT molecular complexity index is 1030. The van der Waals surface area contributed by atoms with Gasteiger partial charge in [0.15, 0.2) is 0 Å². The number of hydrogen-bond acceptors (Lipinski definition) is 6. The van der Waals surface area contributed by atoms with Crippen LogP contribution in [-0.2, 0) is 9.53 Å². The molecule has 4 rings (SSSR count). The first-order valence-electron chi connectivity index (χ1n) is 12.1. The molecule has 1 aliphatic heterocycles. The Hall–Kier alpha value is -2.90. The van der Waals surface area contributed by atoms with E-state index >= 15 is 0 Å². The van der Waals surface area contributed by atoms with Crippen LogP contribution in [0.3, 0.4) is 0 Å². The Morgan fingerprint density at radius 1 is 1.12 bits per heavy atom. The maximum Gasteiger partial charge on any atom is 0.340 e. The highest BCUT2D eigenvalue weighted by Gasteiger charge is 2.49. The first kappa shape index (κ1) is 24.2. The van der Waals surface area contributed by atoms with Crippen LogP contribution in [0.2, 0.25) is 0 Å². The van der Waals surface area contributed by atoms with Crippen molar-refractivity contribution in [1.82, 2.24) is 4.90 Å². The van der Waals surface area contributed by atoms with E-state index < -0.39 is 11.6 Å². The average Bonchev–Trinajstić information content (AvgIpc) is 2.84. The third kappa shape index (κ3) is 4.95. The lowest BCUT2D eigenvalue weighted by Crippen LogP contribution is -2.56. The molecule has 3 atom stereocenters. The summed E-state index contributed by atoms with van der Waals surface area (Å²) in [7, 11) is 1.65. The van der Waals surface area contributed by atoms with Gasteiger partial charge in [0.1, 0.15) is 5.75 Å². The highest BCUT2D eigenvalue weighted by molar-refractivity contribution is 6.01. The third-order valence-corrected chi connectivity index (χ3v) is 7.17. The summed E-state index contributed by atoms with van der Waals surface area (Å²) in [6, 6.07) is 14.6. The summed E-state index contributed by atoms with van der Waals surface area (Å²) in [5.74, 6) is 0.111. The molecule has 1 aliphatic carbocycles. The molecule has 0 radical (unpaired) electrons. The number of ether oxygens (including phenoxy) is 2. The number of carbonyl (C=O) groups excluding carboxylic acids is 2. The molecule has 0 bridgehead atoms. The molecule has 0 aromatic heterocycles. The summed E-state index contributed by atoms with van der Waals surface area (Å²) in [5.41, 5.74) is 1.03. The van der Waals surface area contributed by atoms with Gasteiger partial charge < -0.3 is 19.9 Å². The van der Waals surface area contributed by atoms with E-state index in [1.54, 1.807) is 38.3 Å². The molecule has 2 aromatic carbocycles. The second-order valence-corrected chi connectivity index (χ2v) is 9.18. The lowest BCUT2D eigenvalue weighted by atomic mass is 9.66. The molecule has 7 heteroatoms. The number of hydrogen-bond donors (Lipinski definition) is 2. The molecule has 34 heavy (non-hydrogen) atoms. The van der Waals surface area contributed by atoms with Crippen molar-refractivity contribution in [2.24, 2.45) is 5.92 Å². The zero-order chi connectivity index (χ0) is 24.1. The first-order chi connectivity index (χ1) is 16.5. The monoisotopic (exact) mass is 466 g/mol. The van der Waals surface area contributed by atoms with Crippen molar-refractivity contribution in [3.63, 3.8) is 0 Å². The predicted molar refractivity (Wildman–Crippen MR) is 130 cm³/mol. The van der Waals surface area contributed by atoms with Crippen LogP contribution in [0.15, 0.2) is 48.5 Å². The number of benzene rings is 2. The van der Waals surface area contributed by atoms with Crippen LogP contribution in [0.1, 0.15) is 61.0 Å². The van der Waals surface area contributed by atoms with Gasteiger partial charge in [0.25, 0.3) is 0 Å². The fraction of sp³-hybridized carbons (Fsp3) is 0.481. The van der Waals surface area contributed by atoms with E-state index in [0.717, 1.165) is 37.0 Å². The molecule has 2 aromatic rings. The zero-order valence-electron chi connectivity index (χ0n) is 20.0. The number of amides is 1. The number of para-hydroxylation sites is 2. The summed E-state index contributed by atoms with van der Waals surface area (Å²) < 4.78 is 10.8. The summed E-state index contributed by atoms with van der Waals surface area (Å²) in [5, 5.41) is 14.4. The smallest absolute Gasteiger partial charge is 0.340 e. The number of methoxy groups -OCH3 is 1. The van der Waals surface area contributed by atoms with E-state index in [9.17, 15) is 14.7 Å². The number of aliphatic hydroxyl groups is 1. The van der Waals surface area contributed by atoms with E-state index in [-0.39, 0.29) is 31.0 Å². The van der Waals surface area contributed by atoms with Crippen LogP contribution < -0.4 is 10.1 Å². The second kappa shape index (κ2) is 10.6. The highest BCUT2D eigenvalue weighted by atomic mass is 16.5. The fourth-order valence-corrected chi connectivity index (χ4v) is 5.60. The maximum atomic E-state index is 13.2. The van der Waals surface area contributed by atoms with Gasteiger partial charge in [-0.05, 0) is 44.4 Å². The standard InChI is InChI=1S/C27H34N2O5/c1-3-34-26(31)19-10-4-6-13-22(19)28-24(30)18-29-17-16-27(32)15-9-8-12-21(27)25(29)20-11-5-7-14-23(20)33-2/h4-7,10-11,13-14,21,25,32H,3,8-9,12,15-18H2,1-2H3,(H,28,30)/t21-,25-,27-/m1/s1. The first-order valence-corrected chi connectivity index (χ1v) is 12.1. The van der Waals surface area contributed by atoms with E-state index in [0.29, 0.717) is 24.2 Å². The SMILES string of the molecule is CCOC(=O)c1ccccc1NC(=O)CN1CC[C@]2(O)CCCC[C@@H]2[C@H]1c1ccccc1OC. The molecule has 2 N–H and O–H groups in total. The van der Waals surface area contributed by atoms with Gasteiger partial charge in [0, 0.05) is 24.1 Å². The maximum absolute atomic E-state index is 13.2. The highest BCUT2D eigenvalue weighted by Crippen LogP contribution is 2.50. The summed E-state index contributed by atoms with van der Waals surface area (Å²) in [6.07, 6.45) is 4.41. The van der Waals surface area contributed by atoms with Gasteiger partial charge in [-0.15, -0.1) is 0 Å². The van der Waals surface area contributed by atoms with E-state index in [2.05, 4.69) is 10.2 Å². The van der Waals surface area contributed by atoms with Gasteiger partial charge in [-0.2, -0.15) is 0 Å². The van der Waals surface area contributed by atoms with Gasteiger partial charge in [0.2, 0.25) is 5.91 Å². The van der Waals surface area contributed by atoms with Crippen molar-refractivity contribution in [1.29, 1.82) is 0 Å². The molecule has 7 nitrogen and oxygen atoms in total. The lowest BCUT2D eigenvalue weighted by molar-refractivity contribution is -0.135. The Kier molecular flexibility index (Phi) is 7.54. The minimum Gasteiger partial charge on any atom is -0.496 e. The molecule has 0 unspecified atom stereocenters. The molecule has 2 aliphatic rings. The Morgan fingerprint density at radius 2 is 1.88 bits per heavy atom. The molecule has 1 saturated carbocycles. The van der Waals surface area contributed by atoms with Crippen molar-refractivity contribution in [3.05, 3.63) is 59.7 Å². The minimum absolute atomic E-state index is 0.0194. The van der Waals surface area contributed by atoms with Crippen molar-refractivity contribution < 1.29 is 24.2 Å². The number of nitrogens with zero attached hydrogens (tertiary/aromatic N) is 1. The van der Waals surface area contributed by atoms with Gasteiger partial charge >= 0.3 is 5.97 Å². The Morgan fingerprint density at radius 3 is 2.68 bits per heavy atom. The number of nitrogens with one attached hydrogen (secondary N) is 1. The topological polar surface area (TPSA) is 88.1 Å². The molecular formula is C27H34N2O5. The van der Waals surface area contributed by atoms with Crippen LogP contribution in [0.25, 0.3) is 0 Å². The predicted octanol–water partition coefficient (Wildman–Crippen LogP) is 4.18.